The molecule has 24 nitrogen and oxygen atoms in total. The van der Waals surface area contributed by atoms with Crippen molar-refractivity contribution in [2.24, 2.45) is 21.1 Å². The zero-order valence-corrected chi connectivity index (χ0v) is 73.1. The summed E-state index contributed by atoms with van der Waals surface area (Å²) in [5.41, 5.74) is 16.7. The van der Waals surface area contributed by atoms with Gasteiger partial charge >= 0.3 is 23.3 Å². The van der Waals surface area contributed by atoms with Gasteiger partial charge in [0.1, 0.15) is 5.75 Å². The molecule has 16 aromatic rings. The van der Waals surface area contributed by atoms with Crippen LogP contribution < -0.4 is 25.3 Å². The number of hydrogen-bond acceptors (Lipinski definition) is 19. The van der Waals surface area contributed by atoms with Crippen LogP contribution in [-0.4, -0.2) is 120 Å². The molecule has 5 aliphatic rings. The zero-order valence-electron chi connectivity index (χ0n) is 69.9. The van der Waals surface area contributed by atoms with Crippen molar-refractivity contribution in [3.63, 3.8) is 0 Å². The van der Waals surface area contributed by atoms with Crippen LogP contribution in [0.3, 0.4) is 0 Å². The van der Waals surface area contributed by atoms with Gasteiger partial charge < -0.3 is 19.2 Å². The summed E-state index contributed by atoms with van der Waals surface area (Å²) in [6.45, 7) is 4.19. The molecule has 21 rings (SSSR count). The standard InChI is InChI=1S/C22H20N4.C21H19N5.C15H13F3N2O3S.C14H14N2O.C8H8BN2O2.C8H5BrN2O.C7H12.ClH/c1-26-14-19-11-17(9-10-20(19)25-26)22-13-18-8-7-16(12-21(18)23-24-22)15-5-3-2-4-6-15;1-26-13-18-10-16(4-5-19(18)25-26)21-12-17-3-2-15(11-20(17)23-24-21)14-6-8-22-9-7-14;16-15(17,18)24(21,22)23-14-9-12-7-6-11(8-13(12)19-20-14)10-4-2-1-3-5-10;17-14-9-12-7-6-11(8-13(12)15-16-14)10-4-2-1-3-5-10;1-11-5-6-4-7(13-9-12)2-3-8(6)10-11;9-6-2-1-5-3-8(12)11-10-7(5)4-6;1-7-5-3-2-4-6-7;/h5,7-14H,2-4,6H2,1H3;2-6,10-13,22H,7-9H2,1H3;4,6-9H,1-3,5H2;4,6-9H,1-3,5H2,(H,16,17);2-5,12H,1H3;1-4H,(H,11,12);5H,2-4,6H2,1H3;1H. The van der Waals surface area contributed by atoms with Gasteiger partial charge in [0.2, 0.25) is 0 Å². The lowest BCUT2D eigenvalue weighted by molar-refractivity contribution is -0.0501. The first kappa shape index (κ1) is 89.5. The molecule has 31 heteroatoms. The summed E-state index contributed by atoms with van der Waals surface area (Å²) in [6.07, 6.45) is 38.0. The molecule has 0 saturated carbocycles. The van der Waals surface area contributed by atoms with E-state index >= 15 is 0 Å². The van der Waals surface area contributed by atoms with Crippen molar-refractivity contribution in [3.8, 4) is 34.1 Å². The van der Waals surface area contributed by atoms with E-state index in [1.165, 1.54) is 116 Å². The van der Waals surface area contributed by atoms with E-state index in [9.17, 15) is 31.2 Å². The molecule has 0 bridgehead atoms. The highest BCUT2D eigenvalue weighted by Gasteiger charge is 2.49. The fourth-order valence-corrected chi connectivity index (χ4v) is 16.3. The van der Waals surface area contributed by atoms with Crippen LogP contribution >= 0.6 is 28.3 Å². The first-order valence-electron chi connectivity index (χ1n) is 41.6. The van der Waals surface area contributed by atoms with Gasteiger partial charge in [-0.15, -0.1) is 43.0 Å². The second-order valence-electron chi connectivity index (χ2n) is 31.2. The Hall–Kier alpha value is -12.7. The highest BCUT2D eigenvalue weighted by atomic mass is 79.9. The number of rotatable bonds is 10. The SMILES string of the molecule is CC1=CCCCC1.Cl.Cn1cc2cc(-c3cc4ccc(C5=CCCCC5)cc4nn3)ccc2n1.Cn1cc2cc(-c3cc4ccc(C5=CCNCC5)cc4nn3)ccc2n1.Cn1cc2cc(O[B]O)ccc2n1.O=S(=O)(Oc1cc2ccc(C3=CCCCC3)cc2nn1)C(F)(F)F.O=c1cc2ccc(Br)cc2n[nH]1.O=c1cc2ccc(C3=CCCCC3)cc2n[nH]1. The van der Waals surface area contributed by atoms with E-state index < -0.39 is 21.5 Å². The smallest absolute Gasteiger partial charge is 0.537 e. The molecule has 0 atom stereocenters. The summed E-state index contributed by atoms with van der Waals surface area (Å²) in [6, 6.07) is 56.3. The quantitative estimate of drug-likeness (QED) is 0.0428. The molecule has 643 valence electrons. The number of nitrogens with zero attached hydrogens (tertiary/aromatic N) is 14. The minimum Gasteiger partial charge on any atom is -0.537 e. The van der Waals surface area contributed by atoms with Crippen LogP contribution in [0.15, 0.2) is 245 Å². The molecule has 126 heavy (non-hydrogen) atoms. The Bertz CT molecular complexity index is 6890. The van der Waals surface area contributed by atoms with E-state index in [4.69, 9.17) is 9.68 Å². The van der Waals surface area contributed by atoms with E-state index in [0.717, 1.165) is 167 Å². The fraction of sp³-hybridized carbons (Fsp3) is 0.253. The maximum atomic E-state index is 12.3. The minimum atomic E-state index is -5.76. The Morgan fingerprint density at radius 2 is 0.825 bits per heavy atom. The lowest BCUT2D eigenvalue weighted by Gasteiger charge is -2.14. The van der Waals surface area contributed by atoms with Crippen molar-refractivity contribution < 1.29 is 35.5 Å². The van der Waals surface area contributed by atoms with E-state index in [0.29, 0.717) is 24.3 Å². The third-order valence-electron chi connectivity index (χ3n) is 21.9. The number of halogens is 5. The van der Waals surface area contributed by atoms with Crippen LogP contribution in [0.2, 0.25) is 0 Å². The van der Waals surface area contributed by atoms with Crippen LogP contribution in [0.1, 0.15) is 138 Å². The third kappa shape index (κ3) is 23.2. The normalized spacial score (nSPS) is 14.5. The monoisotopic (exact) mass is 1800 g/mol. The van der Waals surface area contributed by atoms with Crippen LogP contribution in [0, 0.1) is 0 Å². The van der Waals surface area contributed by atoms with Gasteiger partial charge in [-0.1, -0.05) is 119 Å². The number of alkyl halides is 3. The lowest BCUT2D eigenvalue weighted by Crippen LogP contribution is -2.28. The fourth-order valence-electron chi connectivity index (χ4n) is 15.5. The number of aryl methyl sites for hydroxylation is 3. The highest BCUT2D eigenvalue weighted by molar-refractivity contribution is 9.10. The molecule has 0 spiro atoms. The van der Waals surface area contributed by atoms with Gasteiger partial charge in [-0.2, -0.15) is 47.1 Å². The Kier molecular flexibility index (Phi) is 29.4. The van der Waals surface area contributed by atoms with E-state index in [-0.39, 0.29) is 23.5 Å². The van der Waals surface area contributed by atoms with Gasteiger partial charge in [-0.25, -0.2) is 10.2 Å². The first-order chi connectivity index (χ1) is 60.5. The zero-order chi connectivity index (χ0) is 87.0. The molecular weight excluding hydrogens is 1710 g/mol. The first-order valence-corrected chi connectivity index (χ1v) is 43.8. The van der Waals surface area contributed by atoms with Crippen molar-refractivity contribution >= 4 is 156 Å². The summed E-state index contributed by atoms with van der Waals surface area (Å²) >= 11 is 3.32. The maximum Gasteiger partial charge on any atom is 0.569 e. The van der Waals surface area contributed by atoms with Crippen molar-refractivity contribution in [2.45, 2.75) is 122 Å². The van der Waals surface area contributed by atoms with Crippen molar-refractivity contribution in [2.75, 3.05) is 13.1 Å². The summed E-state index contributed by atoms with van der Waals surface area (Å²) in [7, 11) is 0.642. The largest absolute Gasteiger partial charge is 0.569 e. The molecule has 0 fully saturated rings. The second kappa shape index (κ2) is 41.4. The molecule has 8 aromatic carbocycles. The minimum absolute atomic E-state index is 0. The van der Waals surface area contributed by atoms with Crippen LogP contribution in [-0.2, 0) is 31.3 Å². The molecule has 0 saturated heterocycles. The Morgan fingerprint density at radius 1 is 0.421 bits per heavy atom. The third-order valence-corrected chi connectivity index (χ3v) is 23.4. The van der Waals surface area contributed by atoms with Gasteiger partial charge in [-0.3, -0.25) is 23.6 Å². The van der Waals surface area contributed by atoms with Gasteiger partial charge in [0.05, 0.1) is 55.5 Å². The molecule has 4 aliphatic carbocycles. The summed E-state index contributed by atoms with van der Waals surface area (Å²) in [5, 5.41) is 70.4. The molecule has 8 aromatic heterocycles. The number of aromatic nitrogens is 16. The number of hydrogen-bond donors (Lipinski definition) is 4. The topological polar surface area (TPSA) is 307 Å². The van der Waals surface area contributed by atoms with Crippen molar-refractivity contribution in [1.82, 2.24) is 85.6 Å². The number of nitrogens with one attached hydrogen (secondary N) is 3. The number of aromatic amines is 2. The van der Waals surface area contributed by atoms with Gasteiger partial charge in [-0.05, 0) is 258 Å². The van der Waals surface area contributed by atoms with E-state index in [1.54, 1.807) is 34.5 Å². The highest BCUT2D eigenvalue weighted by Crippen LogP contribution is 2.36. The lowest BCUT2D eigenvalue weighted by atomic mass is 9.93. The molecule has 1 radical (unpaired) electrons. The van der Waals surface area contributed by atoms with Crippen LogP contribution in [0.25, 0.3) is 132 Å². The summed E-state index contributed by atoms with van der Waals surface area (Å²) < 4.78 is 74.1. The van der Waals surface area contributed by atoms with E-state index in [2.05, 4.69) is 214 Å². The van der Waals surface area contributed by atoms with Crippen LogP contribution in [0.4, 0.5) is 13.2 Å². The van der Waals surface area contributed by atoms with E-state index in [1.807, 2.05) is 104 Å². The molecule has 0 amide bonds. The second-order valence-corrected chi connectivity index (χ2v) is 33.6. The number of fused-ring (bicyclic) bond motifs is 8. The van der Waals surface area contributed by atoms with Gasteiger partial charge in [0.15, 0.2) is 0 Å². The molecule has 4 N–H and O–H groups in total. The molecular formula is C95H92BBrClF3N17O7S. The van der Waals surface area contributed by atoms with Crippen molar-refractivity contribution in [3.05, 3.63) is 278 Å². The number of allylic oxidation sites excluding steroid dienone is 8. The van der Waals surface area contributed by atoms with Gasteiger partial charge in [0.25, 0.3) is 17.0 Å². The van der Waals surface area contributed by atoms with Crippen LogP contribution in [0.5, 0.6) is 11.6 Å². The predicted molar refractivity (Wildman–Crippen MR) is 500 cm³/mol. The number of H-pyrrole nitrogens is 2. The van der Waals surface area contributed by atoms with Gasteiger partial charge in [0, 0.05) is 123 Å². The molecule has 9 heterocycles. The van der Waals surface area contributed by atoms with Crippen molar-refractivity contribution in [1.29, 1.82) is 0 Å². The Morgan fingerprint density at radius 3 is 1.25 bits per heavy atom. The average Bonchev–Trinajstić information content (AvgIpc) is 1.25. The maximum absolute atomic E-state index is 12.3. The Labute approximate surface area is 739 Å². The molecule has 1 aliphatic heterocycles. The summed E-state index contributed by atoms with van der Waals surface area (Å²) in [5.74, 6) is -0.118. The summed E-state index contributed by atoms with van der Waals surface area (Å²) in [4.78, 5) is 22.0. The number of benzene rings is 8. The average molecular weight is 1800 g/mol. The molecule has 0 unspecified atom stereocenters. The predicted octanol–water partition coefficient (Wildman–Crippen LogP) is 20.5. The Balaban J connectivity index is 0.000000123.